The number of rotatable bonds is 4. The highest BCUT2D eigenvalue weighted by molar-refractivity contribution is 6.00. The zero-order valence-electron chi connectivity index (χ0n) is 18.1. The van der Waals surface area contributed by atoms with E-state index in [4.69, 9.17) is 9.47 Å². The molecule has 0 aliphatic carbocycles. The Bertz CT molecular complexity index is 1190. The lowest BCUT2D eigenvalue weighted by Crippen LogP contribution is -2.62. The standard InChI is InChI=1S/C23H25N5O3/c1-14-5-6-17(15(2)7-14)26-21-16-8-19(20(30-4)9-18(16)24-13-25-21)28-12-23(31-22(28)29)10-27(3)11-23/h5-9,13H,10-12H2,1-4H3,(H,24,25,26). The van der Waals surface area contributed by atoms with Crippen molar-refractivity contribution in [2.75, 3.05) is 44.0 Å². The Hall–Kier alpha value is -3.39. The van der Waals surface area contributed by atoms with Gasteiger partial charge in [0, 0.05) is 30.2 Å². The summed E-state index contributed by atoms with van der Waals surface area (Å²) in [5.74, 6) is 1.25. The number of aromatic nitrogens is 2. The molecular formula is C23H25N5O3. The van der Waals surface area contributed by atoms with Gasteiger partial charge in [0.15, 0.2) is 5.60 Å². The van der Waals surface area contributed by atoms with Crippen molar-refractivity contribution in [1.29, 1.82) is 0 Å². The van der Waals surface area contributed by atoms with Crippen LogP contribution in [0.3, 0.4) is 0 Å². The van der Waals surface area contributed by atoms with Gasteiger partial charge in [0.25, 0.3) is 0 Å². The van der Waals surface area contributed by atoms with Crippen molar-refractivity contribution in [2.24, 2.45) is 0 Å². The third kappa shape index (κ3) is 3.33. The topological polar surface area (TPSA) is 79.8 Å². The minimum Gasteiger partial charge on any atom is -0.494 e. The number of benzene rings is 2. The first kappa shape index (κ1) is 19.6. The number of carbonyl (C=O) groups is 1. The van der Waals surface area contributed by atoms with Crippen LogP contribution in [0.15, 0.2) is 36.7 Å². The zero-order valence-corrected chi connectivity index (χ0v) is 18.1. The first-order valence-electron chi connectivity index (χ1n) is 10.2. The van der Waals surface area contributed by atoms with Crippen molar-refractivity contribution < 1.29 is 14.3 Å². The number of ether oxygens (including phenoxy) is 2. The molecule has 2 fully saturated rings. The molecule has 2 saturated heterocycles. The molecule has 1 amide bonds. The van der Waals surface area contributed by atoms with Crippen LogP contribution in [0.5, 0.6) is 5.75 Å². The number of likely N-dealkylation sites (N-methyl/N-ethyl adjacent to an activating group) is 1. The van der Waals surface area contributed by atoms with Crippen LogP contribution in [-0.2, 0) is 4.74 Å². The van der Waals surface area contributed by atoms with Crippen molar-refractivity contribution in [1.82, 2.24) is 14.9 Å². The quantitative estimate of drug-likeness (QED) is 0.692. The van der Waals surface area contributed by atoms with Gasteiger partial charge in [-0.1, -0.05) is 17.7 Å². The van der Waals surface area contributed by atoms with Crippen LogP contribution in [0.4, 0.5) is 22.0 Å². The fourth-order valence-corrected chi connectivity index (χ4v) is 4.54. The van der Waals surface area contributed by atoms with Gasteiger partial charge >= 0.3 is 6.09 Å². The van der Waals surface area contributed by atoms with Crippen molar-refractivity contribution in [3.63, 3.8) is 0 Å². The van der Waals surface area contributed by atoms with Gasteiger partial charge in [0.1, 0.15) is 17.9 Å². The first-order chi connectivity index (χ1) is 14.9. The maximum absolute atomic E-state index is 12.7. The van der Waals surface area contributed by atoms with E-state index >= 15 is 0 Å². The molecule has 1 aromatic heterocycles. The summed E-state index contributed by atoms with van der Waals surface area (Å²) in [5, 5.41) is 4.22. The van der Waals surface area contributed by atoms with E-state index in [1.54, 1.807) is 12.0 Å². The van der Waals surface area contributed by atoms with Gasteiger partial charge in [0.2, 0.25) is 0 Å². The van der Waals surface area contributed by atoms with Crippen LogP contribution in [0.2, 0.25) is 0 Å². The number of aryl methyl sites for hydroxylation is 2. The summed E-state index contributed by atoms with van der Waals surface area (Å²) in [6.07, 6.45) is 1.17. The van der Waals surface area contributed by atoms with Gasteiger partial charge < -0.3 is 14.8 Å². The van der Waals surface area contributed by atoms with Gasteiger partial charge in [-0.2, -0.15) is 0 Å². The highest BCUT2D eigenvalue weighted by atomic mass is 16.6. The lowest BCUT2D eigenvalue weighted by Gasteiger charge is -2.43. The minimum atomic E-state index is -0.445. The number of hydrogen-bond acceptors (Lipinski definition) is 7. The van der Waals surface area contributed by atoms with Crippen LogP contribution in [0.1, 0.15) is 11.1 Å². The van der Waals surface area contributed by atoms with E-state index < -0.39 is 5.60 Å². The predicted octanol–water partition coefficient (Wildman–Crippen LogP) is 3.64. The second-order valence-corrected chi connectivity index (χ2v) is 8.52. The van der Waals surface area contributed by atoms with Crippen molar-refractivity contribution in [3.05, 3.63) is 47.8 Å². The summed E-state index contributed by atoms with van der Waals surface area (Å²) < 4.78 is 11.3. The molecule has 160 valence electrons. The van der Waals surface area contributed by atoms with Crippen LogP contribution in [-0.4, -0.2) is 60.4 Å². The monoisotopic (exact) mass is 419 g/mol. The normalized spacial score (nSPS) is 17.7. The van der Waals surface area contributed by atoms with Crippen molar-refractivity contribution >= 4 is 34.2 Å². The summed E-state index contributed by atoms with van der Waals surface area (Å²) in [6, 6.07) is 9.96. The highest BCUT2D eigenvalue weighted by Gasteiger charge is 2.53. The smallest absolute Gasteiger partial charge is 0.415 e. The third-order valence-electron chi connectivity index (χ3n) is 5.95. The van der Waals surface area contributed by atoms with Gasteiger partial charge in [-0.3, -0.25) is 9.80 Å². The fraction of sp³-hybridized carbons (Fsp3) is 0.348. The summed E-state index contributed by atoms with van der Waals surface area (Å²) in [5.41, 5.74) is 4.24. The number of amides is 1. The number of methoxy groups -OCH3 is 1. The molecule has 2 aliphatic rings. The molecule has 2 aromatic carbocycles. The lowest BCUT2D eigenvalue weighted by atomic mass is 9.95. The Kier molecular flexibility index (Phi) is 4.48. The Balaban J connectivity index is 1.56. The number of hydrogen-bond donors (Lipinski definition) is 1. The molecular weight excluding hydrogens is 394 g/mol. The van der Waals surface area contributed by atoms with Gasteiger partial charge in [0.05, 0.1) is 24.9 Å². The molecule has 2 aliphatic heterocycles. The number of nitrogens with zero attached hydrogens (tertiary/aromatic N) is 4. The van der Waals surface area contributed by atoms with E-state index in [9.17, 15) is 4.79 Å². The molecule has 0 radical (unpaired) electrons. The van der Waals surface area contributed by atoms with Gasteiger partial charge in [-0.05, 0) is 38.6 Å². The van der Waals surface area contributed by atoms with Gasteiger partial charge in [-0.25, -0.2) is 14.8 Å². The number of anilines is 3. The first-order valence-corrected chi connectivity index (χ1v) is 10.2. The Morgan fingerprint density at radius 2 is 1.94 bits per heavy atom. The molecule has 0 bridgehead atoms. The second kappa shape index (κ2) is 7.09. The summed E-state index contributed by atoms with van der Waals surface area (Å²) in [7, 11) is 3.61. The Morgan fingerprint density at radius 1 is 1.13 bits per heavy atom. The second-order valence-electron chi connectivity index (χ2n) is 8.52. The Morgan fingerprint density at radius 3 is 2.65 bits per heavy atom. The molecule has 0 unspecified atom stereocenters. The molecule has 1 spiro atoms. The van der Waals surface area contributed by atoms with Gasteiger partial charge in [-0.15, -0.1) is 0 Å². The Labute approximate surface area is 180 Å². The largest absolute Gasteiger partial charge is 0.494 e. The zero-order chi connectivity index (χ0) is 21.8. The van der Waals surface area contributed by atoms with Crippen LogP contribution < -0.4 is 15.0 Å². The maximum atomic E-state index is 12.7. The fourth-order valence-electron chi connectivity index (χ4n) is 4.54. The number of carbonyl (C=O) groups excluding carboxylic acids is 1. The molecule has 8 nitrogen and oxygen atoms in total. The molecule has 1 N–H and O–H groups in total. The molecule has 3 heterocycles. The van der Waals surface area contributed by atoms with Crippen LogP contribution in [0.25, 0.3) is 10.9 Å². The van der Waals surface area contributed by atoms with E-state index in [2.05, 4.69) is 46.2 Å². The van der Waals surface area contributed by atoms with E-state index in [0.29, 0.717) is 23.8 Å². The van der Waals surface area contributed by atoms with Crippen molar-refractivity contribution in [2.45, 2.75) is 19.4 Å². The SMILES string of the molecule is COc1cc2ncnc(Nc3ccc(C)cc3C)c2cc1N1CC2(CN(C)C2)OC1=O. The summed E-state index contributed by atoms with van der Waals surface area (Å²) in [6.45, 7) is 6.08. The predicted molar refractivity (Wildman–Crippen MR) is 119 cm³/mol. The van der Waals surface area contributed by atoms with E-state index in [0.717, 1.165) is 35.2 Å². The summed E-state index contributed by atoms with van der Waals surface area (Å²) >= 11 is 0. The molecule has 31 heavy (non-hydrogen) atoms. The maximum Gasteiger partial charge on any atom is 0.415 e. The summed E-state index contributed by atoms with van der Waals surface area (Å²) in [4.78, 5) is 25.4. The lowest BCUT2D eigenvalue weighted by molar-refractivity contribution is -0.0599. The van der Waals surface area contributed by atoms with Crippen LogP contribution in [0, 0.1) is 13.8 Å². The van der Waals surface area contributed by atoms with E-state index in [1.807, 2.05) is 25.2 Å². The molecule has 0 saturated carbocycles. The number of nitrogens with one attached hydrogen (secondary N) is 1. The van der Waals surface area contributed by atoms with Crippen LogP contribution >= 0.6 is 0 Å². The highest BCUT2D eigenvalue weighted by Crippen LogP contribution is 2.41. The number of fused-ring (bicyclic) bond motifs is 1. The third-order valence-corrected chi connectivity index (χ3v) is 5.95. The minimum absolute atomic E-state index is 0.355. The van der Waals surface area contributed by atoms with E-state index in [-0.39, 0.29) is 6.09 Å². The average molecular weight is 419 g/mol. The average Bonchev–Trinajstić information content (AvgIpc) is 3.06. The van der Waals surface area contributed by atoms with Crippen molar-refractivity contribution in [3.8, 4) is 5.75 Å². The molecule has 0 atom stereocenters. The molecule has 3 aromatic rings. The molecule has 5 rings (SSSR count). The molecule has 8 heteroatoms. The van der Waals surface area contributed by atoms with E-state index in [1.165, 1.54) is 11.9 Å². The number of likely N-dealkylation sites (tertiary alicyclic amines) is 1.